The molecule has 2 unspecified atom stereocenters. The molecule has 2 aliphatic carbocycles. The highest BCUT2D eigenvalue weighted by atomic mass is 16.3. The van der Waals surface area contributed by atoms with Crippen molar-refractivity contribution in [3.63, 3.8) is 0 Å². The van der Waals surface area contributed by atoms with Crippen LogP contribution >= 0.6 is 0 Å². The summed E-state index contributed by atoms with van der Waals surface area (Å²) in [6.45, 7) is 6.55. The van der Waals surface area contributed by atoms with E-state index in [1.807, 2.05) is 0 Å². The highest BCUT2D eigenvalue weighted by Gasteiger charge is 2.56. The average molecular weight is 282 g/mol. The lowest BCUT2D eigenvalue weighted by molar-refractivity contribution is 0.140. The maximum atomic E-state index is 10.7. The molecule has 112 valence electrons. The van der Waals surface area contributed by atoms with Crippen molar-refractivity contribution in [2.24, 2.45) is 11.3 Å². The first-order valence-corrected chi connectivity index (χ1v) is 8.24. The van der Waals surface area contributed by atoms with Crippen molar-refractivity contribution < 1.29 is 5.11 Å². The Labute approximate surface area is 128 Å². The number of aryl methyl sites for hydroxylation is 1. The Morgan fingerprint density at radius 3 is 2.33 bits per heavy atom. The summed E-state index contributed by atoms with van der Waals surface area (Å²) in [6.07, 6.45) is 5.98. The van der Waals surface area contributed by atoms with E-state index in [4.69, 9.17) is 0 Å². The van der Waals surface area contributed by atoms with Crippen molar-refractivity contribution in [1.29, 1.82) is 0 Å². The van der Waals surface area contributed by atoms with Gasteiger partial charge in [-0.25, -0.2) is 0 Å². The number of hydrogen-bond acceptors (Lipinski definition) is 1. The molecule has 0 aromatic heterocycles. The minimum atomic E-state index is -0.396. The molecule has 1 aromatic carbocycles. The molecular formula is C20H26O. The van der Waals surface area contributed by atoms with Crippen molar-refractivity contribution in [3.8, 4) is 0 Å². The third-order valence-electron chi connectivity index (χ3n) is 5.20. The van der Waals surface area contributed by atoms with Gasteiger partial charge in [0.2, 0.25) is 0 Å². The molecule has 1 N–H and O–H groups in total. The van der Waals surface area contributed by atoms with Gasteiger partial charge in [-0.3, -0.25) is 0 Å². The lowest BCUT2D eigenvalue weighted by Crippen LogP contribution is -2.04. The van der Waals surface area contributed by atoms with Gasteiger partial charge in [0.1, 0.15) is 0 Å². The highest BCUT2D eigenvalue weighted by Crippen LogP contribution is 2.62. The largest absolute Gasteiger partial charge is 0.388 e. The van der Waals surface area contributed by atoms with Crippen molar-refractivity contribution in [2.75, 3.05) is 0 Å². The zero-order chi connectivity index (χ0) is 15.0. The Bertz CT molecular complexity index is 577. The molecule has 0 aliphatic heterocycles. The van der Waals surface area contributed by atoms with E-state index in [1.54, 1.807) is 0 Å². The van der Waals surface area contributed by atoms with Crippen LogP contribution in [-0.4, -0.2) is 5.11 Å². The van der Waals surface area contributed by atoms with E-state index in [-0.39, 0.29) is 11.3 Å². The summed E-state index contributed by atoms with van der Waals surface area (Å²) in [5, 5.41) is 10.7. The fourth-order valence-electron chi connectivity index (χ4n) is 3.62. The second-order valence-electron chi connectivity index (χ2n) is 7.26. The molecule has 2 atom stereocenters. The zero-order valence-electron chi connectivity index (χ0n) is 13.4. The van der Waals surface area contributed by atoms with Crippen molar-refractivity contribution in [3.05, 3.63) is 52.3 Å². The molecule has 1 aromatic rings. The Hall–Kier alpha value is -1.30. The van der Waals surface area contributed by atoms with Gasteiger partial charge in [0.15, 0.2) is 0 Å². The molecule has 1 nitrogen and oxygen atoms in total. The first-order valence-electron chi connectivity index (χ1n) is 8.24. The van der Waals surface area contributed by atoms with E-state index in [1.165, 1.54) is 48.8 Å². The number of aliphatic hydroxyl groups excluding tert-OH is 1. The second-order valence-corrected chi connectivity index (χ2v) is 7.26. The van der Waals surface area contributed by atoms with Gasteiger partial charge in [-0.2, -0.15) is 0 Å². The molecule has 0 heterocycles. The van der Waals surface area contributed by atoms with Crippen molar-refractivity contribution in [2.45, 2.75) is 59.0 Å². The molecule has 0 bridgehead atoms. The van der Waals surface area contributed by atoms with Gasteiger partial charge >= 0.3 is 0 Å². The molecule has 2 saturated carbocycles. The molecule has 0 radical (unpaired) electrons. The van der Waals surface area contributed by atoms with Crippen LogP contribution in [0.3, 0.4) is 0 Å². The van der Waals surface area contributed by atoms with Crippen LogP contribution in [0.15, 0.2) is 41.1 Å². The van der Waals surface area contributed by atoms with E-state index >= 15 is 0 Å². The maximum Gasteiger partial charge on any atom is 0.0870 e. The number of aliphatic hydroxyl groups is 1. The summed E-state index contributed by atoms with van der Waals surface area (Å²) in [6, 6.07) is 8.27. The molecule has 2 fully saturated rings. The summed E-state index contributed by atoms with van der Waals surface area (Å²) in [5.74, 6) is 0.231. The first-order chi connectivity index (χ1) is 10.00. The van der Waals surface area contributed by atoms with Crippen LogP contribution in [0.5, 0.6) is 0 Å². The summed E-state index contributed by atoms with van der Waals surface area (Å²) < 4.78 is 0. The van der Waals surface area contributed by atoms with Gasteiger partial charge < -0.3 is 5.11 Å². The van der Waals surface area contributed by atoms with Gasteiger partial charge in [-0.15, -0.1) is 5.73 Å². The fourth-order valence-corrected chi connectivity index (χ4v) is 3.62. The van der Waals surface area contributed by atoms with Gasteiger partial charge in [0.05, 0.1) is 6.10 Å². The van der Waals surface area contributed by atoms with Crippen LogP contribution in [0.4, 0.5) is 0 Å². The van der Waals surface area contributed by atoms with Gasteiger partial charge in [0.25, 0.3) is 0 Å². The standard InChI is InChI=1S/C20H26O/c1-14-9-11-16(12-10-14)19(21)18-17(20(18,2)3)13-15-7-5-4-6-8-15/h9-12,18-19,21H,4-8H2,1-3H3. The summed E-state index contributed by atoms with van der Waals surface area (Å²) in [7, 11) is 0. The minimum Gasteiger partial charge on any atom is -0.388 e. The fraction of sp³-hybridized carbons (Fsp3) is 0.550. The van der Waals surface area contributed by atoms with E-state index in [0.29, 0.717) is 0 Å². The Balaban J connectivity index is 1.85. The second kappa shape index (κ2) is 5.48. The normalized spacial score (nSPS) is 25.4. The van der Waals surface area contributed by atoms with Gasteiger partial charge in [-0.1, -0.05) is 50.1 Å². The van der Waals surface area contributed by atoms with E-state index in [2.05, 4.69) is 50.8 Å². The Kier molecular flexibility index (Phi) is 3.82. The molecule has 0 saturated heterocycles. The minimum absolute atomic E-state index is 0.0920. The Morgan fingerprint density at radius 2 is 1.71 bits per heavy atom. The summed E-state index contributed by atoms with van der Waals surface area (Å²) in [4.78, 5) is 0. The number of rotatable bonds is 2. The average Bonchev–Trinajstić information content (AvgIpc) is 3.01. The summed E-state index contributed by atoms with van der Waals surface area (Å²) in [5.41, 5.74) is 8.83. The molecule has 21 heavy (non-hydrogen) atoms. The van der Waals surface area contributed by atoms with Crippen LogP contribution in [0.1, 0.15) is 63.2 Å². The molecule has 0 amide bonds. The molecule has 3 rings (SSSR count). The van der Waals surface area contributed by atoms with E-state index < -0.39 is 6.10 Å². The lowest BCUT2D eigenvalue weighted by atomic mass is 9.95. The SMILES string of the molecule is Cc1ccc(C(O)C2C(=C=C3CCCCC3)C2(C)C)cc1. The van der Waals surface area contributed by atoms with Crippen LogP contribution in [0.25, 0.3) is 0 Å². The number of benzene rings is 1. The molecule has 2 aliphatic rings. The Morgan fingerprint density at radius 1 is 1.10 bits per heavy atom. The smallest absolute Gasteiger partial charge is 0.0870 e. The van der Waals surface area contributed by atoms with Crippen LogP contribution in [0, 0.1) is 18.3 Å². The molecule has 1 heteroatoms. The zero-order valence-corrected chi connectivity index (χ0v) is 13.4. The maximum absolute atomic E-state index is 10.7. The van der Waals surface area contributed by atoms with E-state index in [0.717, 1.165) is 5.56 Å². The van der Waals surface area contributed by atoms with Gasteiger partial charge in [0, 0.05) is 11.3 Å². The summed E-state index contributed by atoms with van der Waals surface area (Å²) >= 11 is 0. The van der Waals surface area contributed by atoms with Crippen LogP contribution < -0.4 is 0 Å². The third-order valence-corrected chi connectivity index (χ3v) is 5.20. The first kappa shape index (κ1) is 14.6. The van der Waals surface area contributed by atoms with Crippen LogP contribution in [-0.2, 0) is 0 Å². The van der Waals surface area contributed by atoms with Crippen molar-refractivity contribution >= 4 is 0 Å². The third kappa shape index (κ3) is 2.86. The van der Waals surface area contributed by atoms with Gasteiger partial charge in [-0.05, 0) is 49.3 Å². The van der Waals surface area contributed by atoms with Crippen LogP contribution in [0.2, 0.25) is 0 Å². The predicted octanol–water partition coefficient (Wildman–Crippen LogP) is 5.10. The lowest BCUT2D eigenvalue weighted by Gasteiger charge is -2.12. The predicted molar refractivity (Wildman–Crippen MR) is 87.0 cm³/mol. The number of hydrogen-bond donors (Lipinski definition) is 1. The van der Waals surface area contributed by atoms with Crippen molar-refractivity contribution in [1.82, 2.24) is 0 Å². The molecule has 0 spiro atoms. The quantitative estimate of drug-likeness (QED) is 0.748. The topological polar surface area (TPSA) is 20.2 Å². The monoisotopic (exact) mass is 282 g/mol. The highest BCUT2D eigenvalue weighted by molar-refractivity contribution is 5.41. The molecular weight excluding hydrogens is 256 g/mol. The van der Waals surface area contributed by atoms with E-state index in [9.17, 15) is 5.11 Å².